The molecule has 0 aliphatic carbocycles. The van der Waals surface area contributed by atoms with Crippen molar-refractivity contribution in [3.63, 3.8) is 0 Å². The van der Waals surface area contributed by atoms with E-state index < -0.39 is 0 Å². The van der Waals surface area contributed by atoms with Crippen LogP contribution in [0, 0.1) is 6.92 Å². The van der Waals surface area contributed by atoms with Gasteiger partial charge in [0.05, 0.1) is 23.1 Å². The van der Waals surface area contributed by atoms with Crippen molar-refractivity contribution in [2.75, 3.05) is 10.6 Å². The van der Waals surface area contributed by atoms with E-state index >= 15 is 0 Å². The zero-order valence-corrected chi connectivity index (χ0v) is 14.8. The van der Waals surface area contributed by atoms with Gasteiger partial charge in [-0.2, -0.15) is 0 Å². The maximum absolute atomic E-state index is 12.2. The molecule has 0 unspecified atom stereocenters. The minimum atomic E-state index is -0.383. The van der Waals surface area contributed by atoms with Gasteiger partial charge >= 0.3 is 0 Å². The standard InChI is InChI=1S/C18H14Cl2N4O/c1-11-12(19)6-4-8-14(11)23-17-10-21-16(9-22-17)18(25)24-15-7-3-2-5-13(15)20/h2-10H,1H3,(H,22,23)(H,24,25). The first-order valence-electron chi connectivity index (χ1n) is 7.44. The molecule has 0 aliphatic heterocycles. The van der Waals surface area contributed by atoms with Gasteiger partial charge in [0.15, 0.2) is 0 Å². The van der Waals surface area contributed by atoms with Gasteiger partial charge in [-0.1, -0.05) is 41.4 Å². The molecule has 0 saturated carbocycles. The lowest BCUT2D eigenvalue weighted by Crippen LogP contribution is -2.14. The van der Waals surface area contributed by atoms with Gasteiger partial charge in [0.25, 0.3) is 5.91 Å². The summed E-state index contributed by atoms with van der Waals surface area (Å²) in [6, 6.07) is 12.5. The molecule has 0 radical (unpaired) electrons. The highest BCUT2D eigenvalue weighted by atomic mass is 35.5. The Bertz CT molecular complexity index is 913. The molecule has 1 amide bonds. The molecule has 0 aliphatic rings. The first kappa shape index (κ1) is 17.2. The third-order valence-corrected chi connectivity index (χ3v) is 4.28. The first-order valence-corrected chi connectivity index (χ1v) is 8.20. The third kappa shape index (κ3) is 4.07. The van der Waals surface area contributed by atoms with Crippen LogP contribution in [0.4, 0.5) is 17.2 Å². The Morgan fingerprint density at radius 3 is 2.36 bits per heavy atom. The highest BCUT2D eigenvalue weighted by Crippen LogP contribution is 2.25. The highest BCUT2D eigenvalue weighted by molar-refractivity contribution is 6.33. The smallest absolute Gasteiger partial charge is 0.275 e. The lowest BCUT2D eigenvalue weighted by molar-refractivity contribution is 0.102. The number of hydrogen-bond acceptors (Lipinski definition) is 4. The number of benzene rings is 2. The zero-order chi connectivity index (χ0) is 17.8. The van der Waals surface area contributed by atoms with Crippen LogP contribution < -0.4 is 10.6 Å². The Morgan fingerprint density at radius 2 is 1.64 bits per heavy atom. The molecule has 0 bridgehead atoms. The Kier molecular flexibility index (Phi) is 5.16. The van der Waals surface area contributed by atoms with Crippen LogP contribution in [0.5, 0.6) is 0 Å². The molecular formula is C18H14Cl2N4O. The van der Waals surface area contributed by atoms with E-state index in [-0.39, 0.29) is 11.6 Å². The number of rotatable bonds is 4. The molecule has 1 heterocycles. The second-order valence-electron chi connectivity index (χ2n) is 5.26. The summed E-state index contributed by atoms with van der Waals surface area (Å²) in [5.74, 6) is 0.130. The highest BCUT2D eigenvalue weighted by Gasteiger charge is 2.11. The van der Waals surface area contributed by atoms with Gasteiger partial charge in [-0.25, -0.2) is 9.97 Å². The average Bonchev–Trinajstić information content (AvgIpc) is 2.61. The fourth-order valence-corrected chi connectivity index (χ4v) is 2.50. The van der Waals surface area contributed by atoms with Crippen LogP contribution in [0.3, 0.4) is 0 Å². The molecule has 0 fully saturated rings. The van der Waals surface area contributed by atoms with Gasteiger partial charge in [-0.3, -0.25) is 4.79 Å². The van der Waals surface area contributed by atoms with Crippen molar-refractivity contribution in [2.24, 2.45) is 0 Å². The number of aromatic nitrogens is 2. The van der Waals surface area contributed by atoms with Crippen LogP contribution in [0.25, 0.3) is 0 Å². The maximum atomic E-state index is 12.2. The minimum Gasteiger partial charge on any atom is -0.339 e. The Labute approximate surface area is 155 Å². The molecule has 0 spiro atoms. The lowest BCUT2D eigenvalue weighted by atomic mass is 10.2. The average molecular weight is 373 g/mol. The molecule has 126 valence electrons. The third-order valence-electron chi connectivity index (χ3n) is 3.54. The van der Waals surface area contributed by atoms with E-state index in [2.05, 4.69) is 20.6 Å². The number of nitrogens with zero attached hydrogens (tertiary/aromatic N) is 2. The van der Waals surface area contributed by atoms with Crippen LogP contribution in [0.1, 0.15) is 16.1 Å². The SMILES string of the molecule is Cc1c(Cl)cccc1Nc1cnc(C(=O)Nc2ccccc2Cl)cn1. The van der Waals surface area contributed by atoms with Crippen molar-refractivity contribution in [3.05, 3.63) is 76.2 Å². The summed E-state index contributed by atoms with van der Waals surface area (Å²) in [6.45, 7) is 1.91. The molecule has 25 heavy (non-hydrogen) atoms. The molecule has 2 aromatic carbocycles. The fraction of sp³-hybridized carbons (Fsp3) is 0.0556. The van der Waals surface area contributed by atoms with Crippen molar-refractivity contribution in [3.8, 4) is 0 Å². The van der Waals surface area contributed by atoms with Gasteiger partial charge in [-0.05, 0) is 36.8 Å². The number of carbonyl (C=O) groups is 1. The van der Waals surface area contributed by atoms with E-state index in [1.165, 1.54) is 12.4 Å². The summed E-state index contributed by atoms with van der Waals surface area (Å²) in [5.41, 5.74) is 2.45. The number of hydrogen-bond donors (Lipinski definition) is 2. The lowest BCUT2D eigenvalue weighted by Gasteiger charge is -2.10. The van der Waals surface area contributed by atoms with E-state index in [0.29, 0.717) is 21.6 Å². The molecule has 0 atom stereocenters. The second-order valence-corrected chi connectivity index (χ2v) is 6.07. The van der Waals surface area contributed by atoms with E-state index in [9.17, 15) is 4.79 Å². The normalized spacial score (nSPS) is 10.4. The van der Waals surface area contributed by atoms with E-state index in [0.717, 1.165) is 11.3 Å². The number of halogens is 2. The molecule has 7 heteroatoms. The Hall–Kier alpha value is -2.63. The molecule has 3 rings (SSSR count). The van der Waals surface area contributed by atoms with Gasteiger partial charge in [-0.15, -0.1) is 0 Å². The van der Waals surface area contributed by atoms with Crippen LogP contribution >= 0.6 is 23.2 Å². The zero-order valence-electron chi connectivity index (χ0n) is 13.3. The number of amides is 1. The number of carbonyl (C=O) groups excluding carboxylic acids is 1. The van der Waals surface area contributed by atoms with Crippen LogP contribution in [0.15, 0.2) is 54.9 Å². The monoisotopic (exact) mass is 372 g/mol. The summed E-state index contributed by atoms with van der Waals surface area (Å²) in [6.07, 6.45) is 2.89. The van der Waals surface area contributed by atoms with E-state index in [1.54, 1.807) is 24.3 Å². The summed E-state index contributed by atoms with van der Waals surface area (Å²) in [4.78, 5) is 20.6. The first-order chi connectivity index (χ1) is 12.0. The number of anilines is 3. The number of para-hydroxylation sites is 1. The van der Waals surface area contributed by atoms with Crippen molar-refractivity contribution < 1.29 is 4.79 Å². The molecule has 0 saturated heterocycles. The Balaban J connectivity index is 1.73. The van der Waals surface area contributed by atoms with Gasteiger partial charge in [0, 0.05) is 10.7 Å². The quantitative estimate of drug-likeness (QED) is 0.669. The van der Waals surface area contributed by atoms with Crippen LogP contribution in [-0.2, 0) is 0 Å². The summed E-state index contributed by atoms with van der Waals surface area (Å²) in [5, 5.41) is 6.95. The van der Waals surface area contributed by atoms with Gasteiger partial charge in [0.1, 0.15) is 11.5 Å². The van der Waals surface area contributed by atoms with Gasteiger partial charge in [0.2, 0.25) is 0 Å². The summed E-state index contributed by atoms with van der Waals surface area (Å²) < 4.78 is 0. The minimum absolute atomic E-state index is 0.188. The molecule has 2 N–H and O–H groups in total. The number of nitrogens with one attached hydrogen (secondary N) is 2. The largest absolute Gasteiger partial charge is 0.339 e. The predicted octanol–water partition coefficient (Wildman–Crippen LogP) is 5.09. The maximum Gasteiger partial charge on any atom is 0.275 e. The Morgan fingerprint density at radius 1 is 0.920 bits per heavy atom. The summed E-state index contributed by atoms with van der Waals surface area (Å²) in [7, 11) is 0. The van der Waals surface area contributed by atoms with Crippen molar-refractivity contribution in [1.82, 2.24) is 9.97 Å². The van der Waals surface area contributed by atoms with Crippen molar-refractivity contribution in [1.29, 1.82) is 0 Å². The predicted molar refractivity (Wildman–Crippen MR) is 101 cm³/mol. The van der Waals surface area contributed by atoms with Crippen LogP contribution in [-0.4, -0.2) is 15.9 Å². The summed E-state index contributed by atoms with van der Waals surface area (Å²) >= 11 is 12.1. The fourth-order valence-electron chi connectivity index (χ4n) is 2.14. The molecule has 3 aromatic rings. The topological polar surface area (TPSA) is 66.9 Å². The van der Waals surface area contributed by atoms with Crippen LogP contribution in [0.2, 0.25) is 10.0 Å². The van der Waals surface area contributed by atoms with E-state index in [1.807, 2.05) is 25.1 Å². The van der Waals surface area contributed by atoms with Gasteiger partial charge < -0.3 is 10.6 Å². The van der Waals surface area contributed by atoms with E-state index in [4.69, 9.17) is 23.2 Å². The van der Waals surface area contributed by atoms with Crippen molar-refractivity contribution in [2.45, 2.75) is 6.92 Å². The van der Waals surface area contributed by atoms with Crippen molar-refractivity contribution >= 4 is 46.3 Å². The molecule has 1 aromatic heterocycles. The molecule has 5 nitrogen and oxygen atoms in total. The molecular weight excluding hydrogens is 359 g/mol. The second kappa shape index (κ2) is 7.51.